The molecule has 0 radical (unpaired) electrons. The molecule has 0 aromatic rings. The predicted octanol–water partition coefficient (Wildman–Crippen LogP) is 17.2. The molecule has 54 heavy (non-hydrogen) atoms. The van der Waals surface area contributed by atoms with Crippen molar-refractivity contribution in [3.05, 3.63) is 0 Å². The summed E-state index contributed by atoms with van der Waals surface area (Å²) in [6.45, 7) is 19.4. The van der Waals surface area contributed by atoms with Gasteiger partial charge in [0.1, 0.15) is 0 Å². The Morgan fingerprint density at radius 1 is 0.389 bits per heavy atom. The van der Waals surface area contributed by atoms with Gasteiger partial charge in [-0.1, -0.05) is 13.3 Å². The second-order valence-corrected chi connectivity index (χ2v) is 24.9. The summed E-state index contributed by atoms with van der Waals surface area (Å²) in [7, 11) is -6.13. The molecule has 0 bridgehead atoms. The third-order valence-corrected chi connectivity index (χ3v) is 19.7. The Morgan fingerprint density at radius 3 is 0.907 bits per heavy atom. The Morgan fingerprint density at radius 2 is 0.611 bits per heavy atom. The first kappa shape index (κ1) is 56.6. The van der Waals surface area contributed by atoms with Gasteiger partial charge in [-0.05, 0) is 0 Å². The Hall–Kier alpha value is 0.540. The number of phosphoric acid groups is 1. The molecule has 0 aliphatic carbocycles. The van der Waals surface area contributed by atoms with Gasteiger partial charge in [-0.25, -0.2) is 4.57 Å². The molecule has 0 unspecified atom stereocenters. The molecule has 0 aliphatic rings. The minimum atomic E-state index is -4.64. The topological polar surface area (TPSA) is 77.8 Å². The van der Waals surface area contributed by atoms with Gasteiger partial charge in [0.2, 0.25) is 0 Å². The van der Waals surface area contributed by atoms with E-state index in [1.165, 1.54) is 180 Å². The Balaban J connectivity index is 0. The van der Waals surface area contributed by atoms with Gasteiger partial charge in [-0.15, -0.1) is 0 Å². The molecule has 0 rings (SSSR count). The van der Waals surface area contributed by atoms with Crippen molar-refractivity contribution < 1.29 is 19.2 Å². The van der Waals surface area contributed by atoms with Crippen molar-refractivity contribution in [2.75, 3.05) is 18.5 Å². The van der Waals surface area contributed by atoms with Crippen molar-refractivity contribution in [2.45, 2.75) is 279 Å². The van der Waals surface area contributed by atoms with Gasteiger partial charge in [0, 0.05) is 0 Å². The summed E-state index contributed by atoms with van der Waals surface area (Å²) < 4.78 is 8.88. The molecule has 4 nitrogen and oxygen atoms in total. The molecule has 0 aliphatic heterocycles. The summed E-state index contributed by atoms with van der Waals surface area (Å²) in [6, 6.07) is 0. The van der Waals surface area contributed by atoms with E-state index in [0.29, 0.717) is 5.16 Å². The summed E-state index contributed by atoms with van der Waals surface area (Å²) in [5, 5.41) is 0.716. The molecule has 6 heteroatoms. The first-order valence-corrected chi connectivity index (χ1v) is 28.8. The van der Waals surface area contributed by atoms with Crippen LogP contribution < -0.4 is 0 Å². The molecule has 0 fully saturated rings. The van der Waals surface area contributed by atoms with E-state index < -0.39 is 15.1 Å². The molecule has 0 aromatic heterocycles. The number of hydrogen-bond acceptors (Lipinski definition) is 1. The van der Waals surface area contributed by atoms with Crippen LogP contribution in [0.3, 0.4) is 0 Å². The predicted molar refractivity (Wildman–Crippen MR) is 249 cm³/mol. The average molecular weight is 807 g/mol. The minimum Gasteiger partial charge on any atom is -0.303 e. The van der Waals surface area contributed by atoms with Crippen molar-refractivity contribution >= 4 is 15.1 Å². The Bertz CT molecular complexity index is 757. The molecule has 0 saturated heterocycles. The summed E-state index contributed by atoms with van der Waals surface area (Å²) in [6.07, 6.45) is 55.8. The molecule has 0 saturated carbocycles. The zero-order valence-electron chi connectivity index (χ0n) is 38.5. The van der Waals surface area contributed by atoms with Crippen LogP contribution >= 0.6 is 15.1 Å². The van der Waals surface area contributed by atoms with Crippen LogP contribution in [-0.4, -0.2) is 38.3 Å². The van der Waals surface area contributed by atoms with E-state index in [2.05, 4.69) is 55.4 Å². The Labute approximate surface area is 342 Å². The fourth-order valence-electron chi connectivity index (χ4n) is 9.52. The number of hydrogen-bond donors (Lipinski definition) is 3. The van der Waals surface area contributed by atoms with Crippen LogP contribution in [0.5, 0.6) is 0 Å². The van der Waals surface area contributed by atoms with E-state index in [9.17, 15) is 0 Å². The van der Waals surface area contributed by atoms with E-state index in [0.717, 1.165) is 11.8 Å². The van der Waals surface area contributed by atoms with Gasteiger partial charge < -0.3 is 14.7 Å². The van der Waals surface area contributed by atoms with Gasteiger partial charge in [0.05, 0.1) is 0 Å². The fraction of sp³-hybridized carbons (Fsp3) is 1.00. The normalized spacial score (nSPS) is 12.8. The first-order chi connectivity index (χ1) is 25.8. The standard InChI is InChI=1S/C48H101P.H3O4P/c1-9-13-17-20-21-22-23-24-25-26-27-37-45-49(43-35-18-14-10-2,44-36-19-15-11-3)48(40-32-16-12-4,41-33-28-30-38-46(5)6)42-34-29-31-39-47(7)8;1-5(2,3)4/h46-47,49H,9-45H2,1-8H3;(H3,1,2,3,4). The quantitative estimate of drug-likeness (QED) is 0.0426. The second-order valence-electron chi connectivity index (χ2n) is 18.8. The maximum atomic E-state index is 8.88. The molecular weight excluding hydrogens is 702 g/mol. The molecule has 0 amide bonds. The summed E-state index contributed by atoms with van der Waals surface area (Å²) in [5.41, 5.74) is 0. The van der Waals surface area contributed by atoms with Crippen molar-refractivity contribution in [3.63, 3.8) is 0 Å². The van der Waals surface area contributed by atoms with Crippen LogP contribution in [0.15, 0.2) is 0 Å². The van der Waals surface area contributed by atoms with Gasteiger partial charge in [0.25, 0.3) is 0 Å². The average Bonchev–Trinajstić information content (AvgIpc) is 3.10. The van der Waals surface area contributed by atoms with Gasteiger partial charge in [-0.3, -0.25) is 0 Å². The van der Waals surface area contributed by atoms with Crippen LogP contribution in [0.4, 0.5) is 0 Å². The number of rotatable bonds is 40. The van der Waals surface area contributed by atoms with Crippen molar-refractivity contribution in [3.8, 4) is 0 Å². The van der Waals surface area contributed by atoms with Gasteiger partial charge in [-0.2, -0.15) is 0 Å². The third kappa shape index (κ3) is 35.7. The number of unbranched alkanes of at least 4 members (excludes halogenated alkanes) is 23. The zero-order chi connectivity index (χ0) is 40.8. The summed E-state index contributed by atoms with van der Waals surface area (Å²) >= 11 is 0. The van der Waals surface area contributed by atoms with E-state index in [1.54, 1.807) is 57.0 Å². The van der Waals surface area contributed by atoms with Crippen LogP contribution in [0.2, 0.25) is 0 Å². The maximum Gasteiger partial charge on any atom is 0.466 e. The van der Waals surface area contributed by atoms with Gasteiger partial charge >= 0.3 is 311 Å². The largest absolute Gasteiger partial charge is 0.466 e. The molecule has 3 N–H and O–H groups in total. The van der Waals surface area contributed by atoms with Crippen molar-refractivity contribution in [2.24, 2.45) is 11.8 Å². The summed E-state index contributed by atoms with van der Waals surface area (Å²) in [5.74, 6) is 1.73. The van der Waals surface area contributed by atoms with Crippen LogP contribution in [-0.2, 0) is 4.57 Å². The van der Waals surface area contributed by atoms with Gasteiger partial charge in [0.15, 0.2) is 0 Å². The van der Waals surface area contributed by atoms with Crippen LogP contribution in [0, 0.1) is 11.8 Å². The second kappa shape index (κ2) is 39.0. The van der Waals surface area contributed by atoms with E-state index >= 15 is 0 Å². The Kier molecular flexibility index (Phi) is 40.9. The molecule has 0 spiro atoms. The van der Waals surface area contributed by atoms with E-state index in [-0.39, 0.29) is 0 Å². The minimum absolute atomic E-state index is 0.716. The van der Waals surface area contributed by atoms with Crippen LogP contribution in [0.1, 0.15) is 274 Å². The van der Waals surface area contributed by atoms with Crippen molar-refractivity contribution in [1.29, 1.82) is 0 Å². The van der Waals surface area contributed by atoms with Crippen LogP contribution in [0.25, 0.3) is 0 Å². The molecular formula is C48H104O4P2. The van der Waals surface area contributed by atoms with E-state index in [1.807, 2.05) is 0 Å². The molecule has 0 aromatic carbocycles. The van der Waals surface area contributed by atoms with E-state index in [4.69, 9.17) is 19.2 Å². The molecule has 0 heterocycles. The summed E-state index contributed by atoms with van der Waals surface area (Å²) in [4.78, 5) is 21.6. The maximum absolute atomic E-state index is 8.88. The molecule has 0 atom stereocenters. The SMILES string of the molecule is CCCCCCCCCCCCCC[PH](CCCCCC)(CCCCCC)C(CCCCC)(CCCCCC(C)C)CCCCCC(C)C.O=P(O)(O)O. The zero-order valence-corrected chi connectivity index (χ0v) is 40.4. The molecule has 330 valence electrons. The fourth-order valence-corrected chi connectivity index (χ4v) is 16.8. The first-order valence-electron chi connectivity index (χ1n) is 24.6. The van der Waals surface area contributed by atoms with Crippen molar-refractivity contribution in [1.82, 2.24) is 0 Å². The third-order valence-electron chi connectivity index (χ3n) is 12.8. The monoisotopic (exact) mass is 807 g/mol. The smallest absolute Gasteiger partial charge is 0.303 e.